The molecule has 0 saturated carbocycles. The Morgan fingerprint density at radius 2 is 0.672 bits per heavy atom. The van der Waals surface area contributed by atoms with Gasteiger partial charge in [-0.1, -0.05) is 180 Å². The molecule has 6 heteroatoms. The molecule has 0 amide bonds. The second-order valence-electron chi connectivity index (χ2n) is 15.0. The zero-order chi connectivity index (χ0) is 44.4. The molecule has 1 unspecified atom stereocenters. The van der Waals surface area contributed by atoms with Crippen LogP contribution in [0.2, 0.25) is 0 Å². The summed E-state index contributed by atoms with van der Waals surface area (Å²) in [5, 5.41) is 0. The summed E-state index contributed by atoms with van der Waals surface area (Å²) in [5.41, 5.74) is 0. The first kappa shape index (κ1) is 56.5. The third kappa shape index (κ3) is 46.5. The molecule has 0 heterocycles. The smallest absolute Gasteiger partial charge is 0.306 e. The van der Waals surface area contributed by atoms with Gasteiger partial charge in [0.05, 0.1) is 0 Å². The van der Waals surface area contributed by atoms with E-state index in [9.17, 15) is 14.4 Å². The molecule has 340 valence electrons. The molecule has 61 heavy (non-hydrogen) atoms. The maximum absolute atomic E-state index is 12.7. The number of ether oxygens (including phenoxy) is 3. The van der Waals surface area contributed by atoms with Gasteiger partial charge in [0.2, 0.25) is 0 Å². The van der Waals surface area contributed by atoms with Gasteiger partial charge in [-0.25, -0.2) is 0 Å². The molecular formula is C55H84O6. The Morgan fingerprint density at radius 3 is 1.16 bits per heavy atom. The number of esters is 3. The van der Waals surface area contributed by atoms with Crippen molar-refractivity contribution in [2.24, 2.45) is 0 Å². The summed E-state index contributed by atoms with van der Waals surface area (Å²) >= 11 is 0. The second-order valence-corrected chi connectivity index (χ2v) is 15.0. The second kappa shape index (κ2) is 48.2. The normalized spacial score (nSPS) is 13.3. The molecule has 1 atom stereocenters. The maximum atomic E-state index is 12.7. The third-order valence-electron chi connectivity index (χ3n) is 9.23. The topological polar surface area (TPSA) is 78.9 Å². The fraction of sp³-hybridized carbons (Fsp3) is 0.545. The lowest BCUT2D eigenvalue weighted by Crippen LogP contribution is -2.30. The molecule has 0 bridgehead atoms. The van der Waals surface area contributed by atoms with Gasteiger partial charge in [-0.2, -0.15) is 0 Å². The predicted octanol–water partition coefficient (Wildman–Crippen LogP) is 15.5. The van der Waals surface area contributed by atoms with Crippen molar-refractivity contribution < 1.29 is 28.6 Å². The van der Waals surface area contributed by atoms with Crippen molar-refractivity contribution >= 4 is 17.9 Å². The van der Waals surface area contributed by atoms with Crippen molar-refractivity contribution in [3.63, 3.8) is 0 Å². The molecule has 0 aliphatic heterocycles. The number of hydrogen-bond donors (Lipinski definition) is 0. The Labute approximate surface area is 373 Å². The lowest BCUT2D eigenvalue weighted by Gasteiger charge is -2.18. The summed E-state index contributed by atoms with van der Waals surface area (Å²) in [6.07, 6.45) is 67.3. The zero-order valence-electron chi connectivity index (χ0n) is 38.6. The van der Waals surface area contributed by atoms with Gasteiger partial charge in [0.1, 0.15) is 13.2 Å². The Hall–Kier alpha value is -4.45. The van der Waals surface area contributed by atoms with Crippen LogP contribution in [0.5, 0.6) is 0 Å². The lowest BCUT2D eigenvalue weighted by atomic mass is 10.1. The van der Waals surface area contributed by atoms with E-state index in [1.54, 1.807) is 0 Å². The monoisotopic (exact) mass is 841 g/mol. The highest BCUT2D eigenvalue weighted by Gasteiger charge is 2.19. The van der Waals surface area contributed by atoms with Crippen LogP contribution in [-0.2, 0) is 28.6 Å². The van der Waals surface area contributed by atoms with Crippen LogP contribution < -0.4 is 0 Å². The summed E-state index contributed by atoms with van der Waals surface area (Å²) in [6, 6.07) is 0. The van der Waals surface area contributed by atoms with E-state index in [1.165, 1.54) is 0 Å². The third-order valence-corrected chi connectivity index (χ3v) is 9.23. The van der Waals surface area contributed by atoms with Gasteiger partial charge in [-0.15, -0.1) is 0 Å². The Morgan fingerprint density at radius 1 is 0.344 bits per heavy atom. The van der Waals surface area contributed by atoms with Crippen LogP contribution in [0.4, 0.5) is 0 Å². The van der Waals surface area contributed by atoms with Crippen molar-refractivity contribution in [2.75, 3.05) is 13.2 Å². The van der Waals surface area contributed by atoms with Gasteiger partial charge >= 0.3 is 17.9 Å². The van der Waals surface area contributed by atoms with E-state index < -0.39 is 6.10 Å². The summed E-state index contributed by atoms with van der Waals surface area (Å²) in [5.74, 6) is -1.03. The maximum Gasteiger partial charge on any atom is 0.306 e. The average Bonchev–Trinajstić information content (AvgIpc) is 3.26. The minimum atomic E-state index is -0.820. The molecule has 6 nitrogen and oxygen atoms in total. The molecule has 0 spiro atoms. The minimum absolute atomic E-state index is 0.121. The Balaban J connectivity index is 4.50. The highest BCUT2D eigenvalue weighted by atomic mass is 16.6. The van der Waals surface area contributed by atoms with Crippen LogP contribution in [-0.4, -0.2) is 37.2 Å². The van der Waals surface area contributed by atoms with Crippen LogP contribution >= 0.6 is 0 Å². The van der Waals surface area contributed by atoms with E-state index in [-0.39, 0.29) is 37.5 Å². The molecule has 0 aliphatic carbocycles. The quantitative estimate of drug-likeness (QED) is 0.0201. The van der Waals surface area contributed by atoms with Crippen molar-refractivity contribution in [2.45, 2.75) is 181 Å². The van der Waals surface area contributed by atoms with Gasteiger partial charge in [-0.3, -0.25) is 14.4 Å². The minimum Gasteiger partial charge on any atom is -0.462 e. The highest BCUT2D eigenvalue weighted by Crippen LogP contribution is 2.11. The first-order valence-corrected chi connectivity index (χ1v) is 23.7. The van der Waals surface area contributed by atoms with Gasteiger partial charge in [0.25, 0.3) is 0 Å². The van der Waals surface area contributed by atoms with Gasteiger partial charge in [0.15, 0.2) is 6.10 Å². The molecule has 0 aromatic rings. The number of carbonyl (C=O) groups is 3. The van der Waals surface area contributed by atoms with E-state index in [1.807, 2.05) is 24.3 Å². The molecule has 0 aliphatic rings. The Kier molecular flexibility index (Phi) is 44.7. The van der Waals surface area contributed by atoms with Crippen LogP contribution in [0.3, 0.4) is 0 Å². The molecule has 0 aromatic carbocycles. The van der Waals surface area contributed by atoms with E-state index in [0.717, 1.165) is 135 Å². The molecule has 0 fully saturated rings. The van der Waals surface area contributed by atoms with Gasteiger partial charge in [0, 0.05) is 19.3 Å². The lowest BCUT2D eigenvalue weighted by molar-refractivity contribution is -0.167. The van der Waals surface area contributed by atoms with Gasteiger partial charge in [-0.05, 0) is 109 Å². The summed E-state index contributed by atoms with van der Waals surface area (Å²) < 4.78 is 16.6. The van der Waals surface area contributed by atoms with Crippen LogP contribution in [0.1, 0.15) is 175 Å². The molecule has 0 radical (unpaired) electrons. The number of carbonyl (C=O) groups excluding carboxylic acids is 3. The van der Waals surface area contributed by atoms with Crippen molar-refractivity contribution in [1.82, 2.24) is 0 Å². The molecule has 0 saturated heterocycles. The number of unbranched alkanes of at least 4 members (excludes halogenated alkanes) is 10. The van der Waals surface area contributed by atoms with Crippen LogP contribution in [0, 0.1) is 0 Å². The predicted molar refractivity (Wildman–Crippen MR) is 260 cm³/mol. The number of rotatable bonds is 40. The van der Waals surface area contributed by atoms with E-state index in [4.69, 9.17) is 14.2 Å². The van der Waals surface area contributed by atoms with Crippen LogP contribution in [0.25, 0.3) is 0 Å². The Bertz CT molecular complexity index is 1380. The van der Waals surface area contributed by atoms with E-state index in [0.29, 0.717) is 12.8 Å². The summed E-state index contributed by atoms with van der Waals surface area (Å²) in [4.78, 5) is 37.8. The van der Waals surface area contributed by atoms with Crippen molar-refractivity contribution in [1.29, 1.82) is 0 Å². The van der Waals surface area contributed by atoms with E-state index in [2.05, 4.69) is 130 Å². The summed E-state index contributed by atoms with van der Waals surface area (Å²) in [7, 11) is 0. The van der Waals surface area contributed by atoms with Crippen molar-refractivity contribution in [3.8, 4) is 0 Å². The molecule has 0 aromatic heterocycles. The fourth-order valence-corrected chi connectivity index (χ4v) is 5.75. The SMILES string of the molecule is CC\C=C/C=C\C=C/C=C\CCCCCCCC(=O)OC(COC(=O)CCCC/C=C\C/C=C\CC)COC(=O)CCCCC/C=C\C/C=C\C/C=C\C/C=C\C/C=C\CC. The van der Waals surface area contributed by atoms with Crippen molar-refractivity contribution in [3.05, 3.63) is 134 Å². The number of hydrogen-bond acceptors (Lipinski definition) is 6. The standard InChI is InChI=1S/C55H84O6/c1-4-7-10-13-16-19-21-23-25-26-27-28-30-31-33-36-39-42-45-48-54(57)60-51-52(50-59-53(56)47-44-41-38-35-18-15-12-9-6-3)61-55(58)49-46-43-40-37-34-32-29-24-22-20-17-14-11-8-5-2/h7-12,14,16-20,22-25,27-29,31,33,35,52H,4-6,13,15,21,26,30,32,34,36-51H2,1-3H3/b10-7-,11-8-,12-9-,17-14-,19-16-,22-20-,25-23-,28-27-,29-24-,33-31-,35-18-. The highest BCUT2D eigenvalue weighted by molar-refractivity contribution is 5.71. The van der Waals surface area contributed by atoms with E-state index >= 15 is 0 Å². The number of allylic oxidation sites excluding steroid dienone is 22. The first-order valence-electron chi connectivity index (χ1n) is 23.7. The zero-order valence-corrected chi connectivity index (χ0v) is 38.6. The summed E-state index contributed by atoms with van der Waals surface area (Å²) in [6.45, 7) is 6.14. The molecule has 0 rings (SSSR count). The molecule has 0 N–H and O–H groups in total. The fourth-order valence-electron chi connectivity index (χ4n) is 5.75. The van der Waals surface area contributed by atoms with Gasteiger partial charge < -0.3 is 14.2 Å². The first-order chi connectivity index (χ1) is 30.0. The average molecular weight is 841 g/mol. The largest absolute Gasteiger partial charge is 0.462 e. The molecular weight excluding hydrogens is 757 g/mol. The van der Waals surface area contributed by atoms with Crippen LogP contribution in [0.15, 0.2) is 134 Å².